The molecule has 1 aromatic carbocycles. The molecule has 2 aromatic rings. The highest BCUT2D eigenvalue weighted by Gasteiger charge is 2.21. The van der Waals surface area contributed by atoms with Gasteiger partial charge in [0.2, 0.25) is 0 Å². The van der Waals surface area contributed by atoms with E-state index < -0.39 is 0 Å². The van der Waals surface area contributed by atoms with Crippen molar-refractivity contribution < 1.29 is 9.53 Å². The number of thioether (sulfide) groups is 1. The first-order valence-electron chi connectivity index (χ1n) is 7.39. The predicted molar refractivity (Wildman–Crippen MR) is 99.4 cm³/mol. The fourth-order valence-electron chi connectivity index (χ4n) is 2.54. The van der Waals surface area contributed by atoms with Crippen molar-refractivity contribution in [3.05, 3.63) is 49.5 Å². The summed E-state index contributed by atoms with van der Waals surface area (Å²) in [5.74, 6) is 1.46. The normalized spacial score (nSPS) is 13.3. The number of anilines is 1. The average Bonchev–Trinajstić information content (AvgIpc) is 2.82. The number of rotatable bonds is 3. The summed E-state index contributed by atoms with van der Waals surface area (Å²) in [6, 6.07) is 5.76. The highest BCUT2D eigenvalue weighted by atomic mass is 32.2. The van der Waals surface area contributed by atoms with Crippen LogP contribution in [0, 0.1) is 20.8 Å². The molecule has 0 saturated carbocycles. The number of hydrogen-bond donors (Lipinski definition) is 1. The second kappa shape index (κ2) is 6.42. The van der Waals surface area contributed by atoms with Crippen LogP contribution in [0.1, 0.15) is 26.4 Å². The number of ether oxygens (including phenoxy) is 1. The molecule has 1 amide bonds. The first-order valence-corrected chi connectivity index (χ1v) is 9.19. The zero-order valence-electron chi connectivity index (χ0n) is 13.6. The van der Waals surface area contributed by atoms with E-state index in [1.165, 1.54) is 20.9 Å². The second-order valence-electron chi connectivity index (χ2n) is 5.58. The molecule has 1 aromatic heterocycles. The highest BCUT2D eigenvalue weighted by Crippen LogP contribution is 2.40. The van der Waals surface area contributed by atoms with Gasteiger partial charge < -0.3 is 10.1 Å². The molecule has 0 aliphatic carbocycles. The highest BCUT2D eigenvalue weighted by molar-refractivity contribution is 8.03. The Kier molecular flexibility index (Phi) is 4.50. The average molecular weight is 345 g/mol. The largest absolute Gasteiger partial charge is 0.495 e. The Balaban J connectivity index is 1.86. The van der Waals surface area contributed by atoms with E-state index in [2.05, 4.69) is 19.2 Å². The quantitative estimate of drug-likeness (QED) is 0.859. The van der Waals surface area contributed by atoms with Gasteiger partial charge in [-0.2, -0.15) is 0 Å². The number of thiophene rings is 1. The zero-order valence-corrected chi connectivity index (χ0v) is 15.3. The number of hydrogen-bond acceptors (Lipinski definition) is 4. The number of carbonyl (C=O) groups is 1. The van der Waals surface area contributed by atoms with Crippen molar-refractivity contribution in [2.45, 2.75) is 26.5 Å². The molecule has 0 spiro atoms. The molecule has 1 N–H and O–H groups in total. The van der Waals surface area contributed by atoms with Crippen LogP contribution in [-0.4, -0.2) is 13.0 Å². The van der Waals surface area contributed by atoms with E-state index in [1.807, 2.05) is 31.2 Å². The molecule has 3 nitrogen and oxygen atoms in total. The maximum absolute atomic E-state index is 12.6. The van der Waals surface area contributed by atoms with E-state index in [4.69, 9.17) is 4.74 Å². The minimum Gasteiger partial charge on any atom is -0.495 e. The van der Waals surface area contributed by atoms with E-state index in [9.17, 15) is 4.79 Å². The fraction of sp³-hybridized carbons (Fsp3) is 0.278. The molecule has 23 heavy (non-hydrogen) atoms. The summed E-state index contributed by atoms with van der Waals surface area (Å²) in [6.45, 7) is 6.28. The first-order chi connectivity index (χ1) is 11.0. The Bertz CT molecular complexity index is 806. The van der Waals surface area contributed by atoms with Crippen LogP contribution in [0.15, 0.2) is 23.1 Å². The van der Waals surface area contributed by atoms with Crippen molar-refractivity contribution in [3.8, 4) is 5.75 Å². The molecule has 1 aliphatic rings. The third-order valence-corrected chi connectivity index (χ3v) is 6.25. The van der Waals surface area contributed by atoms with Crippen LogP contribution < -0.4 is 10.1 Å². The van der Waals surface area contributed by atoms with Crippen LogP contribution in [0.3, 0.4) is 0 Å². The molecule has 1 aliphatic heterocycles. The van der Waals surface area contributed by atoms with Gasteiger partial charge >= 0.3 is 0 Å². The lowest BCUT2D eigenvalue weighted by Gasteiger charge is -2.15. The van der Waals surface area contributed by atoms with Gasteiger partial charge in [-0.15, -0.1) is 23.1 Å². The number of aryl methyl sites for hydroxylation is 2. The van der Waals surface area contributed by atoms with Gasteiger partial charge in [0.05, 0.1) is 17.7 Å². The Morgan fingerprint density at radius 2 is 2.04 bits per heavy atom. The van der Waals surface area contributed by atoms with Gasteiger partial charge in [-0.3, -0.25) is 4.79 Å². The Labute approximate surface area is 144 Å². The van der Waals surface area contributed by atoms with Gasteiger partial charge in [-0.1, -0.05) is 6.07 Å². The third kappa shape index (κ3) is 3.16. The maximum atomic E-state index is 12.6. The lowest BCUT2D eigenvalue weighted by Crippen LogP contribution is -2.14. The predicted octanol–water partition coefficient (Wildman–Crippen LogP) is 4.91. The summed E-state index contributed by atoms with van der Waals surface area (Å²) < 4.78 is 5.32. The number of methoxy groups -OCH3 is 1. The fourth-order valence-corrected chi connectivity index (χ4v) is 4.89. The van der Waals surface area contributed by atoms with Crippen LogP contribution in [0.2, 0.25) is 0 Å². The molecule has 0 bridgehead atoms. The van der Waals surface area contributed by atoms with Gasteiger partial charge in [0.1, 0.15) is 5.75 Å². The number of benzene rings is 1. The second-order valence-corrected chi connectivity index (χ2v) is 7.85. The molecule has 0 radical (unpaired) electrons. The van der Waals surface area contributed by atoms with Crippen LogP contribution in [-0.2, 0) is 10.5 Å². The van der Waals surface area contributed by atoms with Crippen LogP contribution >= 0.6 is 23.1 Å². The summed E-state index contributed by atoms with van der Waals surface area (Å²) in [5, 5.41) is 2.98. The number of carbonyl (C=O) groups excluding carboxylic acids is 1. The smallest absolute Gasteiger partial charge is 0.262 e. The Morgan fingerprint density at radius 3 is 2.78 bits per heavy atom. The maximum Gasteiger partial charge on any atom is 0.262 e. The van der Waals surface area contributed by atoms with Crippen molar-refractivity contribution in [2.75, 3.05) is 12.4 Å². The van der Waals surface area contributed by atoms with Gasteiger partial charge in [0, 0.05) is 15.5 Å². The molecule has 2 heterocycles. The van der Waals surface area contributed by atoms with Gasteiger partial charge in [-0.25, -0.2) is 0 Å². The summed E-state index contributed by atoms with van der Waals surface area (Å²) in [7, 11) is 1.61. The summed E-state index contributed by atoms with van der Waals surface area (Å²) >= 11 is 3.35. The van der Waals surface area contributed by atoms with Crippen molar-refractivity contribution in [1.29, 1.82) is 0 Å². The lowest BCUT2D eigenvalue weighted by molar-refractivity contribution is -0.112. The first kappa shape index (κ1) is 16.1. The molecule has 0 atom stereocenters. The molecular weight excluding hydrogens is 326 g/mol. The van der Waals surface area contributed by atoms with Crippen molar-refractivity contribution in [3.63, 3.8) is 0 Å². The Morgan fingerprint density at radius 1 is 1.26 bits per heavy atom. The summed E-state index contributed by atoms with van der Waals surface area (Å²) in [4.78, 5) is 15.9. The van der Waals surface area contributed by atoms with E-state index in [0.717, 1.165) is 16.2 Å². The monoisotopic (exact) mass is 345 g/mol. The molecule has 0 saturated heterocycles. The molecule has 5 heteroatoms. The minimum absolute atomic E-state index is 0.0757. The standard InChI is InChI=1S/C18H19NO2S2/c1-10-5-6-15(21-4)14(7-10)19-18(20)17-8-16-13(9-22-17)11(2)12(3)23-16/h5-8H,9H2,1-4H3,(H,19,20). The van der Waals surface area contributed by atoms with Gasteiger partial charge in [-0.05, 0) is 55.7 Å². The Hall–Kier alpha value is -1.72. The number of fused-ring (bicyclic) bond motifs is 1. The third-order valence-electron chi connectivity index (χ3n) is 4.00. The molecular formula is C18H19NO2S2. The minimum atomic E-state index is -0.0757. The summed E-state index contributed by atoms with van der Waals surface area (Å²) in [6.07, 6.45) is 2.01. The van der Waals surface area contributed by atoms with Gasteiger partial charge in [0.25, 0.3) is 5.91 Å². The zero-order chi connectivity index (χ0) is 16.6. The van der Waals surface area contributed by atoms with Crippen molar-refractivity contribution in [1.82, 2.24) is 0 Å². The molecule has 3 rings (SSSR count). The van der Waals surface area contributed by atoms with Gasteiger partial charge in [0.15, 0.2) is 0 Å². The van der Waals surface area contributed by atoms with E-state index >= 15 is 0 Å². The van der Waals surface area contributed by atoms with E-state index in [1.54, 1.807) is 30.2 Å². The van der Waals surface area contributed by atoms with Crippen molar-refractivity contribution >= 4 is 40.8 Å². The molecule has 0 fully saturated rings. The number of amides is 1. The van der Waals surface area contributed by atoms with Crippen LogP contribution in [0.5, 0.6) is 5.75 Å². The van der Waals surface area contributed by atoms with Crippen LogP contribution in [0.25, 0.3) is 6.08 Å². The van der Waals surface area contributed by atoms with E-state index in [0.29, 0.717) is 11.4 Å². The van der Waals surface area contributed by atoms with Crippen molar-refractivity contribution in [2.24, 2.45) is 0 Å². The topological polar surface area (TPSA) is 38.3 Å². The number of nitrogens with one attached hydrogen (secondary N) is 1. The lowest BCUT2D eigenvalue weighted by atomic mass is 10.1. The summed E-state index contributed by atoms with van der Waals surface area (Å²) in [5.41, 5.74) is 4.51. The molecule has 120 valence electrons. The van der Waals surface area contributed by atoms with Crippen LogP contribution in [0.4, 0.5) is 5.69 Å². The van der Waals surface area contributed by atoms with E-state index in [-0.39, 0.29) is 5.91 Å². The molecule has 0 unspecified atom stereocenters. The SMILES string of the molecule is COc1ccc(C)cc1NC(=O)C1=Cc2sc(C)c(C)c2CS1.